The van der Waals surface area contributed by atoms with Gasteiger partial charge in [0.25, 0.3) is 0 Å². The number of allylic oxidation sites excluding steroid dienone is 3. The van der Waals surface area contributed by atoms with Crippen molar-refractivity contribution in [3.05, 3.63) is 94.6 Å². The van der Waals surface area contributed by atoms with Crippen molar-refractivity contribution >= 4 is 28.8 Å². The first kappa shape index (κ1) is 25.3. The molecule has 0 saturated heterocycles. The number of rotatable bonds is 6. The molecule has 1 aromatic heterocycles. The van der Waals surface area contributed by atoms with Crippen LogP contribution in [0.1, 0.15) is 50.3 Å². The lowest BCUT2D eigenvalue weighted by Gasteiger charge is -2.39. The van der Waals surface area contributed by atoms with Crippen LogP contribution in [-0.4, -0.2) is 40.9 Å². The Morgan fingerprint density at radius 2 is 1.66 bits per heavy atom. The fourth-order valence-electron chi connectivity index (χ4n) is 5.44. The lowest BCUT2D eigenvalue weighted by atomic mass is 9.68. The van der Waals surface area contributed by atoms with Crippen LogP contribution in [0.3, 0.4) is 0 Å². The Kier molecular flexibility index (Phi) is 7.05. The fraction of sp³-hybridized carbons (Fsp3) is 0.300. The number of nitrogens with zero attached hydrogens (tertiary/aromatic N) is 2. The molecule has 0 saturated carbocycles. The molecular weight excluding hydrogens is 482 g/mol. The van der Waals surface area contributed by atoms with Crippen molar-refractivity contribution in [2.45, 2.75) is 39.0 Å². The molecule has 3 atom stereocenters. The summed E-state index contributed by atoms with van der Waals surface area (Å²) in [7, 11) is 0. The maximum Gasteiger partial charge on any atom is 0.336 e. The van der Waals surface area contributed by atoms with E-state index in [2.05, 4.69) is 10.3 Å². The van der Waals surface area contributed by atoms with Crippen LogP contribution in [0.4, 0.5) is 0 Å². The van der Waals surface area contributed by atoms with Crippen molar-refractivity contribution in [1.82, 2.24) is 15.3 Å². The molecule has 194 valence electrons. The van der Waals surface area contributed by atoms with Crippen molar-refractivity contribution in [1.29, 1.82) is 0 Å². The first-order valence-corrected chi connectivity index (χ1v) is 12.8. The van der Waals surface area contributed by atoms with Crippen LogP contribution in [0.2, 0.25) is 0 Å². The third-order valence-electron chi connectivity index (χ3n) is 7.05. The number of hydrogen-bond donors (Lipinski definition) is 1. The Balaban J connectivity index is 1.70. The van der Waals surface area contributed by atoms with E-state index in [9.17, 15) is 14.4 Å². The molecule has 1 aliphatic heterocycles. The predicted molar refractivity (Wildman–Crippen MR) is 141 cm³/mol. The van der Waals surface area contributed by atoms with Gasteiger partial charge >= 0.3 is 11.9 Å². The molecule has 2 heterocycles. The zero-order valence-corrected chi connectivity index (χ0v) is 21.6. The molecule has 0 amide bonds. The first-order chi connectivity index (χ1) is 18.4. The number of hydrogen-bond acceptors (Lipinski definition) is 8. The Morgan fingerprint density at radius 1 is 0.974 bits per heavy atom. The second-order valence-corrected chi connectivity index (χ2v) is 9.31. The van der Waals surface area contributed by atoms with Crippen molar-refractivity contribution in [2.24, 2.45) is 5.92 Å². The summed E-state index contributed by atoms with van der Waals surface area (Å²) in [5.74, 6) is -3.84. The van der Waals surface area contributed by atoms with E-state index < -0.39 is 29.7 Å². The minimum atomic E-state index is -1.06. The summed E-state index contributed by atoms with van der Waals surface area (Å²) in [6.07, 6.45) is 1.98. The number of aromatic nitrogens is 2. The number of esters is 2. The number of nitrogens with one attached hydrogen (secondary N) is 1. The predicted octanol–water partition coefficient (Wildman–Crippen LogP) is 4.34. The summed E-state index contributed by atoms with van der Waals surface area (Å²) >= 11 is 0. The summed E-state index contributed by atoms with van der Waals surface area (Å²) < 4.78 is 10.8. The van der Waals surface area contributed by atoms with Gasteiger partial charge < -0.3 is 14.8 Å². The number of benzene rings is 2. The van der Waals surface area contributed by atoms with E-state index in [1.165, 1.54) is 0 Å². The maximum atomic E-state index is 14.3. The molecular formula is C30H29N3O5. The van der Waals surface area contributed by atoms with Crippen molar-refractivity contribution in [3.8, 4) is 0 Å². The quantitative estimate of drug-likeness (QED) is 0.385. The second-order valence-electron chi connectivity index (χ2n) is 9.31. The van der Waals surface area contributed by atoms with E-state index >= 15 is 0 Å². The number of ketones is 1. The molecule has 1 N–H and O–H groups in total. The second kappa shape index (κ2) is 10.6. The highest BCUT2D eigenvalue weighted by Crippen LogP contribution is 2.47. The van der Waals surface area contributed by atoms with Gasteiger partial charge in [-0.1, -0.05) is 42.5 Å². The van der Waals surface area contributed by atoms with Crippen molar-refractivity contribution in [2.75, 3.05) is 13.2 Å². The molecule has 0 spiro atoms. The lowest BCUT2D eigenvalue weighted by molar-refractivity contribution is -0.152. The number of carbonyl (C=O) groups excluding carboxylic acids is 3. The Morgan fingerprint density at radius 3 is 2.37 bits per heavy atom. The number of Topliss-reactive ketones (excluding diaryl/α,β-unsaturated/α-hetero) is 1. The number of carbonyl (C=O) groups is 3. The molecule has 38 heavy (non-hydrogen) atoms. The molecule has 1 aliphatic carbocycles. The van der Waals surface area contributed by atoms with Gasteiger partial charge in [0.2, 0.25) is 0 Å². The molecule has 8 heteroatoms. The topological polar surface area (TPSA) is 107 Å². The fourth-order valence-corrected chi connectivity index (χ4v) is 5.44. The SMILES string of the molecule is CCOC(=O)C1=C(C)NC2=C(C(=O)[C@@H](C(=O)OCC)[C@H](c3ccccc3)C2)[C@@H]1c1cnc2ccccc2n1. The van der Waals surface area contributed by atoms with Gasteiger partial charge in [-0.2, -0.15) is 0 Å². The molecule has 0 bridgehead atoms. The number of dihydropyridines is 1. The van der Waals surface area contributed by atoms with Gasteiger partial charge in [0.1, 0.15) is 5.92 Å². The van der Waals surface area contributed by atoms with Crippen LogP contribution in [-0.2, 0) is 23.9 Å². The van der Waals surface area contributed by atoms with Crippen molar-refractivity contribution < 1.29 is 23.9 Å². The Labute approximate surface area is 220 Å². The van der Waals surface area contributed by atoms with Gasteiger partial charge in [-0.05, 0) is 44.9 Å². The average molecular weight is 512 g/mol. The smallest absolute Gasteiger partial charge is 0.336 e. The van der Waals surface area contributed by atoms with E-state index in [4.69, 9.17) is 14.5 Å². The van der Waals surface area contributed by atoms with Gasteiger partial charge in [0, 0.05) is 22.9 Å². The zero-order chi connectivity index (χ0) is 26.8. The van der Waals surface area contributed by atoms with E-state index in [0.29, 0.717) is 40.1 Å². The van der Waals surface area contributed by atoms with Gasteiger partial charge in [0.05, 0.1) is 47.6 Å². The monoisotopic (exact) mass is 511 g/mol. The van der Waals surface area contributed by atoms with Crippen LogP contribution < -0.4 is 5.32 Å². The number of ether oxygens (including phenoxy) is 2. The highest BCUT2D eigenvalue weighted by atomic mass is 16.5. The largest absolute Gasteiger partial charge is 0.465 e. The highest BCUT2D eigenvalue weighted by Gasteiger charge is 2.49. The summed E-state index contributed by atoms with van der Waals surface area (Å²) in [5, 5.41) is 3.30. The zero-order valence-electron chi connectivity index (χ0n) is 21.6. The molecule has 3 aromatic rings. The van der Waals surface area contributed by atoms with Gasteiger partial charge in [-0.15, -0.1) is 0 Å². The summed E-state index contributed by atoms with van der Waals surface area (Å²) in [5.41, 5.74) is 4.49. The van der Waals surface area contributed by atoms with Gasteiger partial charge in [-0.25, -0.2) is 9.78 Å². The molecule has 8 nitrogen and oxygen atoms in total. The lowest BCUT2D eigenvalue weighted by Crippen LogP contribution is -2.43. The van der Waals surface area contributed by atoms with E-state index in [1.54, 1.807) is 27.0 Å². The average Bonchev–Trinajstić information content (AvgIpc) is 2.92. The molecule has 2 aromatic carbocycles. The van der Waals surface area contributed by atoms with E-state index in [0.717, 1.165) is 5.56 Å². The van der Waals surface area contributed by atoms with Crippen LogP contribution in [0, 0.1) is 5.92 Å². The minimum Gasteiger partial charge on any atom is -0.465 e. The van der Waals surface area contributed by atoms with E-state index in [-0.39, 0.29) is 24.6 Å². The molecule has 0 fully saturated rings. The summed E-state index contributed by atoms with van der Waals surface area (Å²) in [4.78, 5) is 50.2. The summed E-state index contributed by atoms with van der Waals surface area (Å²) in [6.45, 7) is 5.56. The molecule has 5 rings (SSSR count). The minimum absolute atomic E-state index is 0.154. The molecule has 2 aliphatic rings. The Hall–Kier alpha value is -4.33. The van der Waals surface area contributed by atoms with E-state index in [1.807, 2.05) is 54.6 Å². The van der Waals surface area contributed by atoms with Crippen LogP contribution in [0.15, 0.2) is 83.3 Å². The number of fused-ring (bicyclic) bond motifs is 1. The highest BCUT2D eigenvalue weighted by molar-refractivity contribution is 6.13. The van der Waals surface area contributed by atoms with Crippen LogP contribution in [0.5, 0.6) is 0 Å². The third kappa shape index (κ3) is 4.47. The van der Waals surface area contributed by atoms with Gasteiger partial charge in [0.15, 0.2) is 5.78 Å². The maximum absolute atomic E-state index is 14.3. The third-order valence-corrected chi connectivity index (χ3v) is 7.05. The molecule has 0 unspecified atom stereocenters. The molecule has 0 radical (unpaired) electrons. The van der Waals surface area contributed by atoms with Gasteiger partial charge in [-0.3, -0.25) is 14.6 Å². The van der Waals surface area contributed by atoms with Crippen molar-refractivity contribution in [3.63, 3.8) is 0 Å². The van der Waals surface area contributed by atoms with Crippen LogP contribution >= 0.6 is 0 Å². The van der Waals surface area contributed by atoms with Crippen LogP contribution in [0.25, 0.3) is 11.0 Å². The Bertz CT molecular complexity index is 1480. The standard InChI is InChI=1S/C30H29N3O5/c1-4-37-29(35)24-17(3)32-22-15-19(18-11-7-6-8-12-18)25(30(36)38-5-2)28(34)27(22)26(24)23-16-31-20-13-9-10-14-21(20)33-23/h6-14,16,19,25-26,32H,4-5,15H2,1-3H3/t19-,25-,26+/m0/s1. The number of para-hydroxylation sites is 2. The normalized spacial score (nSPS) is 21.1. The summed E-state index contributed by atoms with van der Waals surface area (Å²) in [6, 6.07) is 16.9. The first-order valence-electron chi connectivity index (χ1n) is 12.8.